The van der Waals surface area contributed by atoms with Crippen molar-refractivity contribution in [2.75, 3.05) is 24.5 Å². The molecular formula is C17H19N5O. The predicted octanol–water partition coefficient (Wildman–Crippen LogP) is 1.68. The van der Waals surface area contributed by atoms with Crippen LogP contribution in [0.15, 0.2) is 36.8 Å². The number of hydrogen-bond acceptors (Lipinski definition) is 5. The molecule has 118 valence electrons. The van der Waals surface area contributed by atoms with Gasteiger partial charge >= 0.3 is 0 Å². The minimum atomic E-state index is 0.00907. The van der Waals surface area contributed by atoms with Crippen LogP contribution in [-0.2, 0) is 0 Å². The minimum absolute atomic E-state index is 0.00907. The largest absolute Gasteiger partial charge is 0.336 e. The normalized spacial score (nSPS) is 23.2. The predicted molar refractivity (Wildman–Crippen MR) is 86.2 cm³/mol. The number of likely N-dealkylation sites (tertiary alicyclic amines) is 1. The average Bonchev–Trinajstić information content (AvgIpc) is 3.03. The Hall–Kier alpha value is -2.50. The van der Waals surface area contributed by atoms with E-state index >= 15 is 0 Å². The number of carbonyl (C=O) groups is 1. The number of aryl methyl sites for hydroxylation is 1. The zero-order chi connectivity index (χ0) is 15.9. The van der Waals surface area contributed by atoms with Crippen LogP contribution < -0.4 is 4.90 Å². The Morgan fingerprint density at radius 2 is 1.91 bits per heavy atom. The Morgan fingerprint density at radius 3 is 2.57 bits per heavy atom. The van der Waals surface area contributed by atoms with Crippen LogP contribution in [-0.4, -0.2) is 50.9 Å². The Morgan fingerprint density at radius 1 is 1.13 bits per heavy atom. The fourth-order valence-electron chi connectivity index (χ4n) is 3.51. The molecule has 0 saturated carbocycles. The number of amides is 1. The summed E-state index contributed by atoms with van der Waals surface area (Å²) in [5.74, 6) is 0.834. The van der Waals surface area contributed by atoms with Crippen molar-refractivity contribution in [3.8, 4) is 0 Å². The lowest BCUT2D eigenvalue weighted by atomic mass is 9.84. The summed E-state index contributed by atoms with van der Waals surface area (Å²) in [6, 6.07) is 5.56. The standard InChI is InChI=1S/C17H19N5O/c1-13-3-4-14(11-20-13)15(23)21-9-5-17(12-21)6-10-22(17)16-18-7-2-8-19-16/h2-4,7-8,11H,5-6,9-10,12H2,1H3/t17-/m1/s1. The summed E-state index contributed by atoms with van der Waals surface area (Å²) >= 11 is 0. The van der Waals surface area contributed by atoms with Crippen LogP contribution in [0.5, 0.6) is 0 Å². The molecule has 2 fully saturated rings. The van der Waals surface area contributed by atoms with Crippen LogP contribution >= 0.6 is 0 Å². The molecule has 0 bridgehead atoms. The van der Waals surface area contributed by atoms with E-state index in [1.54, 1.807) is 18.6 Å². The van der Waals surface area contributed by atoms with E-state index in [-0.39, 0.29) is 11.4 Å². The fourth-order valence-corrected chi connectivity index (χ4v) is 3.51. The molecule has 2 aliphatic rings. The van der Waals surface area contributed by atoms with Gasteiger partial charge in [0.15, 0.2) is 0 Å². The van der Waals surface area contributed by atoms with Crippen molar-refractivity contribution in [2.45, 2.75) is 25.3 Å². The highest BCUT2D eigenvalue weighted by Gasteiger charge is 2.51. The van der Waals surface area contributed by atoms with Gasteiger partial charge in [0, 0.05) is 43.9 Å². The van der Waals surface area contributed by atoms with Crippen LogP contribution in [0.2, 0.25) is 0 Å². The molecule has 0 aliphatic carbocycles. The van der Waals surface area contributed by atoms with Crippen molar-refractivity contribution in [3.63, 3.8) is 0 Å². The third-order valence-electron chi connectivity index (χ3n) is 4.94. The van der Waals surface area contributed by atoms with Gasteiger partial charge in [-0.15, -0.1) is 0 Å². The molecule has 0 N–H and O–H groups in total. The van der Waals surface area contributed by atoms with Gasteiger partial charge in [0.1, 0.15) is 0 Å². The number of rotatable bonds is 2. The summed E-state index contributed by atoms with van der Waals surface area (Å²) in [6.07, 6.45) is 7.26. The van der Waals surface area contributed by atoms with Gasteiger partial charge in [0.2, 0.25) is 5.95 Å². The van der Waals surface area contributed by atoms with Crippen LogP contribution in [0, 0.1) is 6.92 Å². The second-order valence-electron chi connectivity index (χ2n) is 6.34. The summed E-state index contributed by atoms with van der Waals surface area (Å²) in [5.41, 5.74) is 1.59. The third-order valence-corrected chi connectivity index (χ3v) is 4.94. The molecule has 2 saturated heterocycles. The first-order valence-electron chi connectivity index (χ1n) is 7.95. The highest BCUT2D eigenvalue weighted by Crippen LogP contribution is 2.41. The minimum Gasteiger partial charge on any atom is -0.336 e. The number of aromatic nitrogens is 3. The van der Waals surface area contributed by atoms with Gasteiger partial charge in [-0.25, -0.2) is 9.97 Å². The molecule has 2 aromatic rings. The third kappa shape index (κ3) is 2.34. The maximum atomic E-state index is 12.7. The van der Waals surface area contributed by atoms with Crippen molar-refractivity contribution in [2.24, 2.45) is 0 Å². The van der Waals surface area contributed by atoms with Crippen molar-refractivity contribution >= 4 is 11.9 Å². The molecule has 0 radical (unpaired) electrons. The van der Waals surface area contributed by atoms with E-state index in [1.165, 1.54) is 0 Å². The van der Waals surface area contributed by atoms with Crippen molar-refractivity contribution in [1.29, 1.82) is 0 Å². The van der Waals surface area contributed by atoms with E-state index in [2.05, 4.69) is 19.9 Å². The lowest BCUT2D eigenvalue weighted by molar-refractivity contribution is 0.0775. The smallest absolute Gasteiger partial charge is 0.255 e. The molecule has 2 aliphatic heterocycles. The highest BCUT2D eigenvalue weighted by molar-refractivity contribution is 5.94. The van der Waals surface area contributed by atoms with Gasteiger partial charge in [0.05, 0.1) is 11.1 Å². The van der Waals surface area contributed by atoms with Gasteiger partial charge in [-0.05, 0) is 38.0 Å². The monoisotopic (exact) mass is 309 g/mol. The zero-order valence-electron chi connectivity index (χ0n) is 13.1. The number of pyridine rings is 1. The first-order valence-corrected chi connectivity index (χ1v) is 7.95. The summed E-state index contributed by atoms with van der Waals surface area (Å²) < 4.78 is 0. The summed E-state index contributed by atoms with van der Waals surface area (Å²) in [6.45, 7) is 4.39. The molecule has 4 rings (SSSR count). The molecule has 23 heavy (non-hydrogen) atoms. The maximum absolute atomic E-state index is 12.7. The molecule has 4 heterocycles. The van der Waals surface area contributed by atoms with E-state index < -0.39 is 0 Å². The van der Waals surface area contributed by atoms with Gasteiger partial charge in [0.25, 0.3) is 5.91 Å². The van der Waals surface area contributed by atoms with E-state index in [0.29, 0.717) is 5.56 Å². The van der Waals surface area contributed by atoms with E-state index in [0.717, 1.165) is 44.1 Å². The van der Waals surface area contributed by atoms with Gasteiger partial charge < -0.3 is 9.80 Å². The molecule has 6 nitrogen and oxygen atoms in total. The lowest BCUT2D eigenvalue weighted by Gasteiger charge is -2.50. The summed E-state index contributed by atoms with van der Waals surface area (Å²) in [4.78, 5) is 29.8. The molecule has 2 aromatic heterocycles. The first kappa shape index (κ1) is 14.1. The Labute approximate surface area is 135 Å². The SMILES string of the molecule is Cc1ccc(C(=O)N2CC[C@@]3(CCN3c3ncccn3)C2)cn1. The molecule has 0 aromatic carbocycles. The van der Waals surface area contributed by atoms with Crippen LogP contribution in [0.1, 0.15) is 28.9 Å². The topological polar surface area (TPSA) is 62.2 Å². The second kappa shape index (κ2) is 5.30. The van der Waals surface area contributed by atoms with Crippen molar-refractivity contribution in [3.05, 3.63) is 48.0 Å². The molecule has 6 heteroatoms. The maximum Gasteiger partial charge on any atom is 0.255 e. The zero-order valence-corrected chi connectivity index (χ0v) is 13.1. The first-order chi connectivity index (χ1) is 11.2. The fraction of sp³-hybridized carbons (Fsp3) is 0.412. The molecule has 1 amide bonds. The van der Waals surface area contributed by atoms with Crippen LogP contribution in [0.3, 0.4) is 0 Å². The number of nitrogens with zero attached hydrogens (tertiary/aromatic N) is 5. The number of carbonyl (C=O) groups excluding carboxylic acids is 1. The quantitative estimate of drug-likeness (QED) is 0.844. The van der Waals surface area contributed by atoms with Crippen LogP contribution in [0.25, 0.3) is 0 Å². The second-order valence-corrected chi connectivity index (χ2v) is 6.34. The number of anilines is 1. The Kier molecular flexibility index (Phi) is 3.25. The molecule has 0 unspecified atom stereocenters. The van der Waals surface area contributed by atoms with E-state index in [9.17, 15) is 4.79 Å². The molecule has 1 spiro atoms. The molecule has 1 atom stereocenters. The Bertz CT molecular complexity index is 718. The van der Waals surface area contributed by atoms with Crippen LogP contribution in [0.4, 0.5) is 5.95 Å². The van der Waals surface area contributed by atoms with E-state index in [4.69, 9.17) is 0 Å². The number of hydrogen-bond donors (Lipinski definition) is 0. The highest BCUT2D eigenvalue weighted by atomic mass is 16.2. The average molecular weight is 309 g/mol. The lowest BCUT2D eigenvalue weighted by Crippen LogP contribution is -2.62. The van der Waals surface area contributed by atoms with Crippen molar-refractivity contribution in [1.82, 2.24) is 19.9 Å². The van der Waals surface area contributed by atoms with Gasteiger partial charge in [-0.2, -0.15) is 0 Å². The Balaban J connectivity index is 1.51. The van der Waals surface area contributed by atoms with Crippen molar-refractivity contribution < 1.29 is 4.79 Å². The summed E-state index contributed by atoms with van der Waals surface area (Å²) in [5, 5.41) is 0. The summed E-state index contributed by atoms with van der Waals surface area (Å²) in [7, 11) is 0. The molecular weight excluding hydrogens is 290 g/mol. The van der Waals surface area contributed by atoms with E-state index in [1.807, 2.05) is 30.0 Å². The van der Waals surface area contributed by atoms with Gasteiger partial charge in [-0.3, -0.25) is 9.78 Å². The van der Waals surface area contributed by atoms with Gasteiger partial charge in [-0.1, -0.05) is 0 Å².